The van der Waals surface area contributed by atoms with Gasteiger partial charge in [0, 0.05) is 23.2 Å². The van der Waals surface area contributed by atoms with Crippen molar-refractivity contribution in [2.45, 2.75) is 49.8 Å². The Morgan fingerprint density at radius 2 is 1.65 bits per heavy atom. The van der Waals surface area contributed by atoms with Crippen molar-refractivity contribution in [1.29, 1.82) is 0 Å². The lowest BCUT2D eigenvalue weighted by molar-refractivity contribution is -0.152. The Labute approximate surface area is 258 Å². The molecule has 2 saturated carbocycles. The highest BCUT2D eigenvalue weighted by atomic mass is 32.2. The molecule has 2 bridgehead atoms. The van der Waals surface area contributed by atoms with E-state index in [4.69, 9.17) is 4.74 Å². The molecule has 16 heteroatoms. The Morgan fingerprint density at radius 1 is 0.978 bits per heavy atom. The van der Waals surface area contributed by atoms with Gasteiger partial charge in [0.05, 0.1) is 29.5 Å². The Hall–Kier alpha value is -4.21. The number of anilines is 1. The number of methoxy groups -OCH3 is 1. The number of aromatic nitrogens is 1. The van der Waals surface area contributed by atoms with Gasteiger partial charge in [0.15, 0.2) is 5.78 Å². The largest absolute Gasteiger partial charge is 0.469 e. The molecule has 0 saturated heterocycles. The lowest BCUT2D eigenvalue weighted by Crippen LogP contribution is -2.42. The van der Waals surface area contributed by atoms with Crippen LogP contribution in [-0.4, -0.2) is 45.4 Å². The number of halogens is 7. The van der Waals surface area contributed by atoms with E-state index in [0.29, 0.717) is 18.2 Å². The van der Waals surface area contributed by atoms with Gasteiger partial charge in [-0.2, -0.15) is 26.3 Å². The number of fused-ring (bicyclic) bond motifs is 2. The molecule has 46 heavy (non-hydrogen) atoms. The van der Waals surface area contributed by atoms with Crippen LogP contribution in [0.15, 0.2) is 59.6 Å². The SMILES string of the molecule is COC(=O)C12CCC(C(=O)CN(c3cc(-c4cc(F)cc(OC(F)F)c4)cnc3F)S(=O)(=O)c3cccc(C(F)(F)F)c3)(CC1)C2. The molecule has 2 aromatic carbocycles. The molecule has 0 unspecified atom stereocenters. The smallest absolute Gasteiger partial charge is 0.416 e. The second kappa shape index (κ2) is 11.9. The number of benzene rings is 2. The third-order valence-electron chi connectivity index (χ3n) is 8.61. The predicted molar refractivity (Wildman–Crippen MR) is 147 cm³/mol. The van der Waals surface area contributed by atoms with Crippen LogP contribution in [0.25, 0.3) is 11.1 Å². The Bertz CT molecular complexity index is 1790. The molecule has 2 aliphatic rings. The molecule has 8 nitrogen and oxygen atoms in total. The van der Waals surface area contributed by atoms with E-state index < -0.39 is 85.6 Å². The number of rotatable bonds is 10. The topological polar surface area (TPSA) is 103 Å². The molecule has 246 valence electrons. The van der Waals surface area contributed by atoms with Crippen LogP contribution in [0.2, 0.25) is 0 Å². The Kier molecular flexibility index (Phi) is 8.55. The average Bonchev–Trinajstić information content (AvgIpc) is 3.58. The summed E-state index contributed by atoms with van der Waals surface area (Å²) in [5.74, 6) is -4.35. The maximum Gasteiger partial charge on any atom is 0.416 e. The molecule has 5 rings (SSSR count). The number of pyridine rings is 1. The zero-order valence-corrected chi connectivity index (χ0v) is 24.7. The number of alkyl halides is 5. The zero-order valence-electron chi connectivity index (χ0n) is 23.9. The van der Waals surface area contributed by atoms with Crippen LogP contribution in [-0.2, 0) is 30.5 Å². The molecule has 2 fully saturated rings. The number of nitrogens with zero attached hydrogens (tertiary/aromatic N) is 2. The summed E-state index contributed by atoms with van der Waals surface area (Å²) < 4.78 is 133. The summed E-state index contributed by atoms with van der Waals surface area (Å²) in [5, 5.41) is 0. The molecule has 0 atom stereocenters. The first-order valence-electron chi connectivity index (χ1n) is 13.7. The number of esters is 1. The van der Waals surface area contributed by atoms with Crippen molar-refractivity contribution < 1.29 is 58.2 Å². The van der Waals surface area contributed by atoms with Gasteiger partial charge in [0.1, 0.15) is 17.3 Å². The summed E-state index contributed by atoms with van der Waals surface area (Å²) in [7, 11) is -3.93. The number of ether oxygens (including phenoxy) is 2. The minimum atomic E-state index is -5.13. The molecular weight excluding hydrogens is 649 g/mol. The summed E-state index contributed by atoms with van der Waals surface area (Å²) in [6, 6.07) is 5.91. The van der Waals surface area contributed by atoms with Crippen LogP contribution < -0.4 is 9.04 Å². The monoisotopic (exact) mass is 674 g/mol. The number of ketones is 1. The molecule has 1 heterocycles. The number of hydrogen-bond donors (Lipinski definition) is 0. The molecule has 0 spiro atoms. The van der Waals surface area contributed by atoms with Crippen LogP contribution in [0, 0.1) is 22.6 Å². The van der Waals surface area contributed by atoms with E-state index in [0.717, 1.165) is 36.5 Å². The van der Waals surface area contributed by atoms with E-state index in [9.17, 15) is 44.3 Å². The molecule has 1 aromatic heterocycles. The molecule has 2 aliphatic carbocycles. The van der Waals surface area contributed by atoms with Crippen molar-refractivity contribution in [3.05, 3.63) is 72.1 Å². The highest BCUT2D eigenvalue weighted by molar-refractivity contribution is 7.92. The summed E-state index contributed by atoms with van der Waals surface area (Å²) in [5.41, 5.74) is -4.75. The van der Waals surface area contributed by atoms with Crippen molar-refractivity contribution in [2.24, 2.45) is 10.8 Å². The molecule has 3 aromatic rings. The first kappa shape index (κ1) is 33.2. The van der Waals surface area contributed by atoms with E-state index >= 15 is 4.39 Å². The summed E-state index contributed by atoms with van der Waals surface area (Å²) in [6.45, 7) is -4.38. The zero-order chi connectivity index (χ0) is 33.7. The van der Waals surface area contributed by atoms with Gasteiger partial charge in [0.25, 0.3) is 10.0 Å². The van der Waals surface area contributed by atoms with Gasteiger partial charge in [-0.15, -0.1) is 0 Å². The Morgan fingerprint density at radius 3 is 2.28 bits per heavy atom. The van der Waals surface area contributed by atoms with Crippen molar-refractivity contribution >= 4 is 27.5 Å². The van der Waals surface area contributed by atoms with E-state index in [1.54, 1.807) is 0 Å². The number of carbonyl (C=O) groups excluding carboxylic acids is 2. The van der Waals surface area contributed by atoms with E-state index in [-0.39, 0.29) is 47.5 Å². The maximum absolute atomic E-state index is 15.4. The normalized spacial score (nSPS) is 21.0. The number of hydrogen-bond acceptors (Lipinski definition) is 7. The lowest BCUT2D eigenvalue weighted by atomic mass is 9.79. The molecule has 0 amide bonds. The van der Waals surface area contributed by atoms with Crippen molar-refractivity contribution in [3.8, 4) is 16.9 Å². The fraction of sp³-hybridized carbons (Fsp3) is 0.367. The van der Waals surface area contributed by atoms with Gasteiger partial charge in [-0.1, -0.05) is 6.07 Å². The number of Topliss-reactive ketones (excluding diaryl/α,β-unsaturated/α-hetero) is 1. The second-order valence-corrected chi connectivity index (χ2v) is 13.1. The van der Waals surface area contributed by atoms with E-state index in [1.165, 1.54) is 7.11 Å². The quantitative estimate of drug-likeness (QED) is 0.137. The average molecular weight is 675 g/mol. The number of carbonyl (C=O) groups is 2. The highest BCUT2D eigenvalue weighted by Gasteiger charge is 2.61. The summed E-state index contributed by atoms with van der Waals surface area (Å²) in [6.07, 6.45) is -3.13. The van der Waals surface area contributed by atoms with Crippen molar-refractivity contribution in [2.75, 3.05) is 18.0 Å². The molecule has 0 radical (unpaired) electrons. The summed E-state index contributed by atoms with van der Waals surface area (Å²) in [4.78, 5) is 29.0. The third-order valence-corrected chi connectivity index (χ3v) is 10.4. The van der Waals surface area contributed by atoms with Gasteiger partial charge in [-0.25, -0.2) is 17.8 Å². The predicted octanol–water partition coefficient (Wildman–Crippen LogP) is 6.53. The van der Waals surface area contributed by atoms with E-state index in [2.05, 4.69) is 9.72 Å². The van der Waals surface area contributed by atoms with E-state index in [1.807, 2.05) is 0 Å². The molecular formula is C30H25F7N2O6S. The standard InChI is InChI=1S/C30H25F7N2O6S/c1-44-26(41)29-7-5-28(16-29,6-8-29)24(40)15-39(46(42,43)22-4-2-3-19(12-22)30(35,36)37)23-11-18(14-38-25(23)32)17-9-20(31)13-21(10-17)45-27(33)34/h2-4,9-14,27H,5-8,15-16H2,1H3. The number of sulfonamides is 1. The fourth-order valence-electron chi connectivity index (χ4n) is 6.31. The summed E-state index contributed by atoms with van der Waals surface area (Å²) >= 11 is 0. The first-order chi connectivity index (χ1) is 21.5. The molecule has 0 N–H and O–H groups in total. The fourth-order valence-corrected chi connectivity index (χ4v) is 7.76. The van der Waals surface area contributed by atoms with Gasteiger partial charge in [-0.3, -0.25) is 13.9 Å². The van der Waals surface area contributed by atoms with Crippen LogP contribution in [0.3, 0.4) is 0 Å². The first-order valence-corrected chi connectivity index (χ1v) is 15.2. The van der Waals surface area contributed by atoms with Gasteiger partial charge >= 0.3 is 18.8 Å². The van der Waals surface area contributed by atoms with Crippen LogP contribution >= 0.6 is 0 Å². The maximum atomic E-state index is 15.4. The highest BCUT2D eigenvalue weighted by Crippen LogP contribution is 2.62. The Balaban J connectivity index is 1.61. The third kappa shape index (κ3) is 6.13. The second-order valence-electron chi connectivity index (χ2n) is 11.3. The van der Waals surface area contributed by atoms with Crippen LogP contribution in [0.1, 0.15) is 37.7 Å². The van der Waals surface area contributed by atoms with Gasteiger partial charge < -0.3 is 9.47 Å². The van der Waals surface area contributed by atoms with Crippen LogP contribution in [0.4, 0.5) is 36.4 Å². The van der Waals surface area contributed by atoms with Crippen LogP contribution in [0.5, 0.6) is 5.75 Å². The minimum absolute atomic E-state index is 0.0416. The lowest BCUT2D eigenvalue weighted by Gasteiger charge is -2.30. The van der Waals surface area contributed by atoms with Crippen molar-refractivity contribution in [3.63, 3.8) is 0 Å². The van der Waals surface area contributed by atoms with Gasteiger partial charge in [-0.05, 0) is 74.1 Å². The minimum Gasteiger partial charge on any atom is -0.469 e. The molecule has 0 aliphatic heterocycles. The van der Waals surface area contributed by atoms with Crippen molar-refractivity contribution in [1.82, 2.24) is 4.98 Å². The van der Waals surface area contributed by atoms with Gasteiger partial charge in [0.2, 0.25) is 5.95 Å².